The van der Waals surface area contributed by atoms with Gasteiger partial charge >= 0.3 is 6.18 Å². The molecule has 152 valence electrons. The van der Waals surface area contributed by atoms with Gasteiger partial charge in [0.1, 0.15) is 6.10 Å². The molecule has 0 amide bonds. The van der Waals surface area contributed by atoms with Gasteiger partial charge in [0, 0.05) is 18.3 Å². The lowest BCUT2D eigenvalue weighted by molar-refractivity contribution is -0.137. The van der Waals surface area contributed by atoms with E-state index >= 15 is 0 Å². The van der Waals surface area contributed by atoms with Crippen LogP contribution in [0.4, 0.5) is 13.2 Å². The number of benzene rings is 1. The first-order valence-corrected chi connectivity index (χ1v) is 10.4. The summed E-state index contributed by atoms with van der Waals surface area (Å²) in [5, 5.41) is 0. The van der Waals surface area contributed by atoms with Gasteiger partial charge in [-0.3, -0.25) is 0 Å². The van der Waals surface area contributed by atoms with Gasteiger partial charge in [0.2, 0.25) is 15.9 Å². The summed E-state index contributed by atoms with van der Waals surface area (Å²) in [6.07, 6.45) is -1.56. The fourth-order valence-corrected chi connectivity index (χ4v) is 4.40. The predicted octanol–water partition coefficient (Wildman–Crippen LogP) is 4.08. The second-order valence-corrected chi connectivity index (χ2v) is 8.62. The molecule has 0 unspecified atom stereocenters. The molecule has 0 bridgehead atoms. The van der Waals surface area contributed by atoms with Crippen LogP contribution in [0.25, 0.3) is 0 Å². The lowest BCUT2D eigenvalue weighted by Crippen LogP contribution is -2.39. The number of ether oxygens (including phenoxy) is 1. The molecule has 0 aliphatic heterocycles. The van der Waals surface area contributed by atoms with Crippen LogP contribution in [0.2, 0.25) is 0 Å². The topological polar surface area (TPSA) is 68.3 Å². The van der Waals surface area contributed by atoms with E-state index in [4.69, 9.17) is 4.74 Å². The molecule has 1 aromatic carbocycles. The van der Waals surface area contributed by atoms with E-state index in [0.717, 1.165) is 17.8 Å². The van der Waals surface area contributed by atoms with E-state index in [0.29, 0.717) is 25.7 Å². The molecule has 5 nitrogen and oxygen atoms in total. The molecule has 0 radical (unpaired) electrons. The zero-order valence-electron chi connectivity index (χ0n) is 15.2. The fourth-order valence-electron chi connectivity index (χ4n) is 3.09. The van der Waals surface area contributed by atoms with Crippen molar-refractivity contribution in [2.24, 2.45) is 0 Å². The van der Waals surface area contributed by atoms with E-state index in [1.54, 1.807) is 24.3 Å². The zero-order valence-corrected chi connectivity index (χ0v) is 16.1. The number of rotatable bonds is 5. The Morgan fingerprint density at radius 1 is 1.04 bits per heavy atom. The molecule has 1 aliphatic carbocycles. The Morgan fingerprint density at radius 3 is 2.21 bits per heavy atom. The number of pyridine rings is 1. The first kappa shape index (κ1) is 20.6. The van der Waals surface area contributed by atoms with Gasteiger partial charge in [-0.05, 0) is 50.8 Å². The molecule has 1 aliphatic rings. The number of halogens is 3. The highest BCUT2D eigenvalue weighted by Gasteiger charge is 2.31. The van der Waals surface area contributed by atoms with Crippen molar-refractivity contribution in [2.45, 2.75) is 55.8 Å². The third kappa shape index (κ3) is 5.23. The Hall–Kier alpha value is -2.13. The van der Waals surface area contributed by atoms with Gasteiger partial charge in [0.05, 0.1) is 10.5 Å². The summed E-state index contributed by atoms with van der Waals surface area (Å²) < 4.78 is 71.0. The summed E-state index contributed by atoms with van der Waals surface area (Å²) >= 11 is 0. The summed E-state index contributed by atoms with van der Waals surface area (Å²) in [5.41, 5.74) is 0.155. The Morgan fingerprint density at radius 2 is 1.68 bits per heavy atom. The number of aryl methyl sites for hydroxylation is 1. The van der Waals surface area contributed by atoms with Crippen LogP contribution in [-0.4, -0.2) is 25.5 Å². The number of alkyl halides is 3. The summed E-state index contributed by atoms with van der Waals surface area (Å²) in [6, 6.07) is 8.57. The van der Waals surface area contributed by atoms with Crippen molar-refractivity contribution in [1.29, 1.82) is 0 Å². The van der Waals surface area contributed by atoms with Gasteiger partial charge in [0.25, 0.3) is 0 Å². The average Bonchev–Trinajstić information content (AvgIpc) is 2.63. The van der Waals surface area contributed by atoms with Crippen LogP contribution < -0.4 is 9.46 Å². The maximum atomic E-state index is 12.6. The highest BCUT2D eigenvalue weighted by atomic mass is 32.2. The third-order valence-corrected chi connectivity index (χ3v) is 6.21. The van der Waals surface area contributed by atoms with Crippen LogP contribution in [0.1, 0.15) is 36.8 Å². The molecule has 1 aromatic heterocycles. The normalized spacial score (nSPS) is 20.7. The number of nitrogens with zero attached hydrogens (tertiary/aromatic N) is 1. The third-order valence-electron chi connectivity index (χ3n) is 4.68. The Kier molecular flexibility index (Phi) is 5.95. The molecular formula is C19H21F3N2O3S. The second-order valence-electron chi connectivity index (χ2n) is 6.91. The number of aromatic nitrogens is 1. The lowest BCUT2D eigenvalue weighted by atomic mass is 9.94. The maximum absolute atomic E-state index is 12.6. The fraction of sp³-hybridized carbons (Fsp3) is 0.421. The first-order valence-electron chi connectivity index (χ1n) is 8.92. The van der Waals surface area contributed by atoms with Crippen LogP contribution in [0.5, 0.6) is 5.88 Å². The van der Waals surface area contributed by atoms with E-state index in [-0.39, 0.29) is 22.9 Å². The quantitative estimate of drug-likeness (QED) is 0.801. The molecule has 0 saturated heterocycles. The molecule has 0 spiro atoms. The SMILES string of the molecule is Cc1ccc(S(=O)(=O)NC2CCC(Oc3ccc(C(F)(F)F)cn3)CC2)cc1. The highest BCUT2D eigenvalue weighted by Crippen LogP contribution is 2.30. The van der Waals surface area contributed by atoms with Crippen molar-refractivity contribution in [3.8, 4) is 5.88 Å². The standard InChI is InChI=1S/C19H21F3N2O3S/c1-13-2-9-17(10-3-13)28(25,26)24-15-5-7-16(8-6-15)27-18-11-4-14(12-23-18)19(20,21)22/h2-4,9-12,15-16,24H,5-8H2,1H3. The molecule has 1 heterocycles. The Balaban J connectivity index is 1.52. The van der Waals surface area contributed by atoms with Crippen LogP contribution in [0, 0.1) is 6.92 Å². The number of sulfonamides is 1. The highest BCUT2D eigenvalue weighted by molar-refractivity contribution is 7.89. The van der Waals surface area contributed by atoms with Gasteiger partial charge in [0.15, 0.2) is 0 Å². The van der Waals surface area contributed by atoms with Crippen molar-refractivity contribution < 1.29 is 26.3 Å². The van der Waals surface area contributed by atoms with Crippen molar-refractivity contribution in [3.05, 3.63) is 53.7 Å². The molecule has 3 rings (SSSR count). The molecule has 0 atom stereocenters. The van der Waals surface area contributed by atoms with E-state index < -0.39 is 21.8 Å². The Labute approximate surface area is 162 Å². The minimum Gasteiger partial charge on any atom is -0.474 e. The van der Waals surface area contributed by atoms with E-state index in [1.807, 2.05) is 6.92 Å². The smallest absolute Gasteiger partial charge is 0.417 e. The van der Waals surface area contributed by atoms with Crippen LogP contribution in [0.15, 0.2) is 47.5 Å². The molecular weight excluding hydrogens is 393 g/mol. The zero-order chi connectivity index (χ0) is 20.4. The summed E-state index contributed by atoms with van der Waals surface area (Å²) in [4.78, 5) is 3.94. The largest absolute Gasteiger partial charge is 0.474 e. The van der Waals surface area contributed by atoms with Gasteiger partial charge < -0.3 is 4.74 Å². The molecule has 28 heavy (non-hydrogen) atoms. The van der Waals surface area contributed by atoms with Crippen LogP contribution in [-0.2, 0) is 16.2 Å². The van der Waals surface area contributed by atoms with Crippen molar-refractivity contribution >= 4 is 10.0 Å². The maximum Gasteiger partial charge on any atom is 0.417 e. The van der Waals surface area contributed by atoms with Crippen LogP contribution >= 0.6 is 0 Å². The van der Waals surface area contributed by atoms with Crippen molar-refractivity contribution in [1.82, 2.24) is 9.71 Å². The summed E-state index contributed by atoms with van der Waals surface area (Å²) in [6.45, 7) is 1.89. The molecule has 1 N–H and O–H groups in total. The van der Waals surface area contributed by atoms with Gasteiger partial charge in [-0.2, -0.15) is 13.2 Å². The van der Waals surface area contributed by atoms with Crippen molar-refractivity contribution in [2.75, 3.05) is 0 Å². The molecule has 1 fully saturated rings. The monoisotopic (exact) mass is 414 g/mol. The van der Waals surface area contributed by atoms with Gasteiger partial charge in [-0.25, -0.2) is 18.1 Å². The first-order chi connectivity index (χ1) is 13.1. The molecule has 9 heteroatoms. The number of hydrogen-bond donors (Lipinski definition) is 1. The predicted molar refractivity (Wildman–Crippen MR) is 97.4 cm³/mol. The number of nitrogens with one attached hydrogen (secondary N) is 1. The molecule has 1 saturated carbocycles. The van der Waals surface area contributed by atoms with E-state index in [1.165, 1.54) is 6.07 Å². The van der Waals surface area contributed by atoms with Gasteiger partial charge in [-0.1, -0.05) is 17.7 Å². The van der Waals surface area contributed by atoms with Crippen LogP contribution in [0.3, 0.4) is 0 Å². The summed E-state index contributed by atoms with van der Waals surface area (Å²) in [7, 11) is -3.58. The minimum atomic E-state index is -4.43. The Bertz CT molecular complexity index is 890. The average molecular weight is 414 g/mol. The lowest BCUT2D eigenvalue weighted by Gasteiger charge is -2.29. The second kappa shape index (κ2) is 8.08. The summed E-state index contributed by atoms with van der Waals surface area (Å²) in [5.74, 6) is 0.136. The van der Waals surface area contributed by atoms with Gasteiger partial charge in [-0.15, -0.1) is 0 Å². The van der Waals surface area contributed by atoms with Crippen molar-refractivity contribution in [3.63, 3.8) is 0 Å². The van der Waals surface area contributed by atoms with E-state index in [2.05, 4.69) is 9.71 Å². The van der Waals surface area contributed by atoms with E-state index in [9.17, 15) is 21.6 Å². The number of hydrogen-bond acceptors (Lipinski definition) is 4. The molecule has 2 aromatic rings. The minimum absolute atomic E-state index is 0.136.